The molecule has 0 aliphatic heterocycles. The van der Waals surface area contributed by atoms with Crippen LogP contribution in [0.5, 0.6) is 0 Å². The van der Waals surface area contributed by atoms with Crippen molar-refractivity contribution < 1.29 is 0 Å². The minimum Gasteiger partial charge on any atom is -0.310 e. The number of aryl methyl sites for hydroxylation is 6. The standard InChI is InChI=1S/C66H57N3/c1-46-19-7-13-25-61(46)67(62-26-14-8-20-47(62)2)58-37-31-52(32-38-58)55-43-56(53-33-39-59(40-34-53)68(63-27-15-9-21-48(63)3)64-28-16-10-22-49(64)4)45-57(44-55)54-35-41-60(42-36-54)69(65-29-17-11-23-50(65)5)66-30-18-12-24-51(66)6/h7-45H,1-6H3. The third-order valence-corrected chi connectivity index (χ3v) is 13.4. The van der Waals surface area contributed by atoms with E-state index in [-0.39, 0.29) is 0 Å². The van der Waals surface area contributed by atoms with Crippen LogP contribution in [0.25, 0.3) is 33.4 Å². The smallest absolute Gasteiger partial charge is 0.0490 e. The molecule has 0 saturated heterocycles. The van der Waals surface area contributed by atoms with Crippen molar-refractivity contribution in [1.82, 2.24) is 0 Å². The van der Waals surface area contributed by atoms with Crippen LogP contribution in [0.3, 0.4) is 0 Å². The van der Waals surface area contributed by atoms with Crippen LogP contribution in [-0.4, -0.2) is 0 Å². The zero-order valence-corrected chi connectivity index (χ0v) is 40.4. The molecule has 0 aliphatic carbocycles. The van der Waals surface area contributed by atoms with Gasteiger partial charge < -0.3 is 14.7 Å². The topological polar surface area (TPSA) is 9.72 Å². The SMILES string of the molecule is Cc1ccccc1N(c1ccc(-c2cc(-c3ccc(N(c4ccccc4C)c4ccccc4C)cc3)cc(-c3ccc(N(c4ccccc4C)c4ccccc4C)cc3)c2)cc1)c1ccccc1C. The summed E-state index contributed by atoms with van der Waals surface area (Å²) in [7, 11) is 0. The normalized spacial score (nSPS) is 11.0. The second-order valence-corrected chi connectivity index (χ2v) is 18.2. The Balaban J connectivity index is 1.08. The van der Waals surface area contributed by atoms with Gasteiger partial charge in [-0.25, -0.2) is 0 Å². The molecule has 0 amide bonds. The zero-order chi connectivity index (χ0) is 47.4. The van der Waals surface area contributed by atoms with Crippen LogP contribution in [0.4, 0.5) is 51.2 Å². The molecule has 10 aromatic rings. The Kier molecular flexibility index (Phi) is 12.5. The molecule has 0 aromatic heterocycles. The first-order valence-corrected chi connectivity index (χ1v) is 23.9. The maximum absolute atomic E-state index is 2.38. The number of para-hydroxylation sites is 6. The molecule has 0 radical (unpaired) electrons. The van der Waals surface area contributed by atoms with Crippen molar-refractivity contribution in [1.29, 1.82) is 0 Å². The summed E-state index contributed by atoms with van der Waals surface area (Å²) < 4.78 is 0. The minimum atomic E-state index is 1.11. The molecule has 10 rings (SSSR count). The van der Waals surface area contributed by atoms with Gasteiger partial charge in [-0.15, -0.1) is 0 Å². The van der Waals surface area contributed by atoms with E-state index in [2.05, 4.69) is 293 Å². The Morgan fingerprint density at radius 3 is 0.536 bits per heavy atom. The lowest BCUT2D eigenvalue weighted by Crippen LogP contribution is -2.12. The fourth-order valence-corrected chi connectivity index (χ4v) is 9.65. The fourth-order valence-electron chi connectivity index (χ4n) is 9.65. The highest BCUT2D eigenvalue weighted by Crippen LogP contribution is 2.43. The van der Waals surface area contributed by atoms with Gasteiger partial charge in [0.05, 0.1) is 0 Å². The van der Waals surface area contributed by atoms with E-state index in [0.717, 1.165) is 50.4 Å². The summed E-state index contributed by atoms with van der Waals surface area (Å²) in [5.41, 5.74) is 24.6. The number of anilines is 9. The third-order valence-electron chi connectivity index (χ3n) is 13.4. The Morgan fingerprint density at radius 2 is 0.362 bits per heavy atom. The summed E-state index contributed by atoms with van der Waals surface area (Å²) in [6.07, 6.45) is 0. The molecular weight excluding hydrogens is 835 g/mol. The van der Waals surface area contributed by atoms with Gasteiger partial charge in [0.15, 0.2) is 0 Å². The van der Waals surface area contributed by atoms with Gasteiger partial charge in [-0.1, -0.05) is 146 Å². The molecule has 336 valence electrons. The third kappa shape index (κ3) is 9.08. The molecule has 3 heteroatoms. The Hall–Kier alpha value is -8.40. The molecule has 10 aromatic carbocycles. The first kappa shape index (κ1) is 44.4. The van der Waals surface area contributed by atoms with Crippen LogP contribution in [0.2, 0.25) is 0 Å². The number of benzene rings is 10. The quantitative estimate of drug-likeness (QED) is 0.121. The predicted octanol–water partition coefficient (Wildman–Crippen LogP) is 18.9. The molecule has 3 nitrogen and oxygen atoms in total. The minimum absolute atomic E-state index is 1.11. The fraction of sp³-hybridized carbons (Fsp3) is 0.0909. The number of nitrogens with zero attached hydrogens (tertiary/aromatic N) is 3. The van der Waals surface area contributed by atoms with Crippen LogP contribution in [0.1, 0.15) is 33.4 Å². The first-order chi connectivity index (χ1) is 33.7. The molecule has 0 aliphatic rings. The molecular formula is C66H57N3. The van der Waals surface area contributed by atoms with Gasteiger partial charge >= 0.3 is 0 Å². The van der Waals surface area contributed by atoms with Crippen LogP contribution in [0, 0.1) is 41.5 Å². The summed E-state index contributed by atoms with van der Waals surface area (Å²) in [5.74, 6) is 0. The average Bonchev–Trinajstić information content (AvgIpc) is 3.38. The van der Waals surface area contributed by atoms with Gasteiger partial charge in [0.1, 0.15) is 0 Å². The van der Waals surface area contributed by atoms with Crippen molar-refractivity contribution in [2.75, 3.05) is 14.7 Å². The Labute approximate surface area is 408 Å². The van der Waals surface area contributed by atoms with Crippen molar-refractivity contribution in [3.8, 4) is 33.4 Å². The van der Waals surface area contributed by atoms with E-state index in [0.29, 0.717) is 0 Å². The van der Waals surface area contributed by atoms with E-state index < -0.39 is 0 Å². The zero-order valence-electron chi connectivity index (χ0n) is 40.4. The summed E-state index contributed by atoms with van der Waals surface area (Å²) in [6.45, 7) is 13.1. The number of hydrogen-bond donors (Lipinski definition) is 0. The monoisotopic (exact) mass is 891 g/mol. The second-order valence-electron chi connectivity index (χ2n) is 18.2. The molecule has 0 heterocycles. The highest BCUT2D eigenvalue weighted by molar-refractivity contribution is 5.87. The summed E-state index contributed by atoms with van der Waals surface area (Å²) in [5, 5.41) is 0. The molecule has 0 atom stereocenters. The average molecular weight is 892 g/mol. The van der Waals surface area contributed by atoms with Crippen molar-refractivity contribution in [3.63, 3.8) is 0 Å². The maximum Gasteiger partial charge on any atom is 0.0490 e. The number of hydrogen-bond acceptors (Lipinski definition) is 3. The van der Waals surface area contributed by atoms with E-state index in [1.807, 2.05) is 0 Å². The molecule has 0 N–H and O–H groups in total. The molecule has 0 bridgehead atoms. The van der Waals surface area contributed by atoms with Crippen molar-refractivity contribution in [2.45, 2.75) is 41.5 Å². The Bertz CT molecular complexity index is 2890. The van der Waals surface area contributed by atoms with Gasteiger partial charge in [0.2, 0.25) is 0 Å². The Morgan fingerprint density at radius 1 is 0.188 bits per heavy atom. The van der Waals surface area contributed by atoms with E-state index in [9.17, 15) is 0 Å². The van der Waals surface area contributed by atoms with Crippen molar-refractivity contribution >= 4 is 51.2 Å². The highest BCUT2D eigenvalue weighted by atomic mass is 15.2. The van der Waals surface area contributed by atoms with Crippen molar-refractivity contribution in [3.05, 3.63) is 270 Å². The highest BCUT2D eigenvalue weighted by Gasteiger charge is 2.20. The second kappa shape index (κ2) is 19.4. The maximum atomic E-state index is 2.38. The molecule has 69 heavy (non-hydrogen) atoms. The van der Waals surface area contributed by atoms with Gasteiger partial charge in [-0.05, 0) is 199 Å². The number of rotatable bonds is 12. The first-order valence-electron chi connectivity index (χ1n) is 23.9. The van der Waals surface area contributed by atoms with Gasteiger partial charge in [0, 0.05) is 51.2 Å². The van der Waals surface area contributed by atoms with Gasteiger partial charge in [-0.2, -0.15) is 0 Å². The van der Waals surface area contributed by atoms with E-state index in [1.165, 1.54) is 67.5 Å². The molecule has 0 spiro atoms. The van der Waals surface area contributed by atoms with E-state index in [1.54, 1.807) is 0 Å². The lowest BCUT2D eigenvalue weighted by Gasteiger charge is -2.29. The summed E-state index contributed by atoms with van der Waals surface area (Å²) in [6, 6.07) is 86.1. The van der Waals surface area contributed by atoms with Crippen molar-refractivity contribution in [2.24, 2.45) is 0 Å². The van der Waals surface area contributed by atoms with Crippen LogP contribution in [0.15, 0.2) is 237 Å². The molecule has 0 unspecified atom stereocenters. The van der Waals surface area contributed by atoms with Crippen LogP contribution >= 0.6 is 0 Å². The summed E-state index contributed by atoms with van der Waals surface area (Å²) in [4.78, 5) is 7.15. The van der Waals surface area contributed by atoms with Gasteiger partial charge in [-0.3, -0.25) is 0 Å². The van der Waals surface area contributed by atoms with E-state index >= 15 is 0 Å². The lowest BCUT2D eigenvalue weighted by molar-refractivity contribution is 1.22. The molecule has 0 saturated carbocycles. The van der Waals surface area contributed by atoms with Crippen LogP contribution in [-0.2, 0) is 0 Å². The predicted molar refractivity (Wildman–Crippen MR) is 295 cm³/mol. The lowest BCUT2D eigenvalue weighted by atomic mass is 9.93. The van der Waals surface area contributed by atoms with Gasteiger partial charge in [0.25, 0.3) is 0 Å². The largest absolute Gasteiger partial charge is 0.310 e. The van der Waals surface area contributed by atoms with E-state index in [4.69, 9.17) is 0 Å². The summed E-state index contributed by atoms with van der Waals surface area (Å²) >= 11 is 0. The molecule has 0 fully saturated rings. The van der Waals surface area contributed by atoms with Crippen LogP contribution < -0.4 is 14.7 Å².